The van der Waals surface area contributed by atoms with Crippen molar-refractivity contribution in [3.8, 4) is 0 Å². The Morgan fingerprint density at radius 3 is 2.45 bits per heavy atom. The number of nitrogens with zero attached hydrogens (tertiary/aromatic N) is 1. The first-order chi connectivity index (χ1) is 9.67. The summed E-state index contributed by atoms with van der Waals surface area (Å²) in [5.74, 6) is 0. The van der Waals surface area contributed by atoms with Crippen LogP contribution in [0.2, 0.25) is 0 Å². The third-order valence-corrected chi connectivity index (χ3v) is 4.86. The first-order valence-electron chi connectivity index (χ1n) is 6.51. The molecule has 0 atom stereocenters. The average molecular weight is 285 g/mol. The Morgan fingerprint density at radius 2 is 1.65 bits per heavy atom. The van der Waals surface area contributed by atoms with Gasteiger partial charge in [-0.1, -0.05) is 48.5 Å². The second-order valence-corrected chi connectivity index (χ2v) is 6.45. The van der Waals surface area contributed by atoms with E-state index in [1.54, 1.807) is 6.08 Å². The lowest BCUT2D eigenvalue weighted by atomic mass is 10.2. The fourth-order valence-electron chi connectivity index (χ4n) is 2.37. The van der Waals surface area contributed by atoms with E-state index in [0.717, 1.165) is 23.2 Å². The summed E-state index contributed by atoms with van der Waals surface area (Å²) < 4.78 is 26.3. The zero-order valence-corrected chi connectivity index (χ0v) is 11.8. The molecule has 0 fully saturated rings. The van der Waals surface area contributed by atoms with Gasteiger partial charge in [-0.15, -0.1) is 0 Å². The van der Waals surface area contributed by atoms with E-state index in [4.69, 9.17) is 0 Å². The van der Waals surface area contributed by atoms with Gasteiger partial charge in [-0.05, 0) is 29.7 Å². The van der Waals surface area contributed by atoms with Gasteiger partial charge < -0.3 is 0 Å². The zero-order chi connectivity index (χ0) is 14.0. The first-order valence-corrected chi connectivity index (χ1v) is 8.01. The van der Waals surface area contributed by atoms with E-state index in [9.17, 15) is 8.42 Å². The van der Waals surface area contributed by atoms with Gasteiger partial charge in [-0.25, -0.2) is 8.42 Å². The molecular formula is C16H15NO2S. The van der Waals surface area contributed by atoms with Crippen LogP contribution in [0.25, 0.3) is 6.08 Å². The van der Waals surface area contributed by atoms with Crippen molar-refractivity contribution in [1.82, 2.24) is 0 Å². The highest BCUT2D eigenvalue weighted by molar-refractivity contribution is 7.95. The summed E-state index contributed by atoms with van der Waals surface area (Å²) in [5, 5.41) is 1.28. The van der Waals surface area contributed by atoms with Crippen molar-refractivity contribution >= 4 is 21.8 Å². The largest absolute Gasteiger partial charge is 0.266 e. The minimum atomic E-state index is -3.42. The van der Waals surface area contributed by atoms with Crippen LogP contribution in [-0.4, -0.2) is 15.0 Å². The van der Waals surface area contributed by atoms with Crippen LogP contribution in [0.5, 0.6) is 0 Å². The van der Waals surface area contributed by atoms with Gasteiger partial charge in [0.1, 0.15) is 0 Å². The minimum absolute atomic E-state index is 0.515. The number of anilines is 1. The lowest BCUT2D eigenvalue weighted by Gasteiger charge is -2.16. The monoisotopic (exact) mass is 285 g/mol. The summed E-state index contributed by atoms with van der Waals surface area (Å²) in [7, 11) is -3.42. The molecule has 4 heteroatoms. The van der Waals surface area contributed by atoms with Gasteiger partial charge in [-0.2, -0.15) is 0 Å². The normalized spacial score (nSPS) is 14.7. The Bertz CT molecular complexity index is 736. The molecule has 1 aliphatic rings. The molecule has 2 aromatic rings. The second kappa shape index (κ2) is 5.13. The molecular weight excluding hydrogens is 270 g/mol. The van der Waals surface area contributed by atoms with E-state index in [-0.39, 0.29) is 0 Å². The van der Waals surface area contributed by atoms with E-state index in [1.165, 1.54) is 9.71 Å². The van der Waals surface area contributed by atoms with Crippen LogP contribution in [0.4, 0.5) is 5.69 Å². The summed E-state index contributed by atoms with van der Waals surface area (Å²) in [4.78, 5) is 0. The molecule has 102 valence electrons. The van der Waals surface area contributed by atoms with Gasteiger partial charge in [0.15, 0.2) is 0 Å². The lowest BCUT2D eigenvalue weighted by molar-refractivity contribution is 0.601. The van der Waals surface area contributed by atoms with Crippen molar-refractivity contribution in [2.45, 2.75) is 6.42 Å². The lowest BCUT2D eigenvalue weighted by Crippen LogP contribution is -2.26. The Kier molecular flexibility index (Phi) is 3.32. The maximum atomic E-state index is 12.4. The number of hydrogen-bond donors (Lipinski definition) is 0. The molecule has 0 saturated carbocycles. The summed E-state index contributed by atoms with van der Waals surface area (Å²) in [5.41, 5.74) is 2.76. The number of sulfonamides is 1. The molecule has 0 saturated heterocycles. The number of benzene rings is 2. The fraction of sp³-hybridized carbons (Fsp3) is 0.125. The van der Waals surface area contributed by atoms with Crippen LogP contribution in [0.3, 0.4) is 0 Å². The SMILES string of the molecule is O=S(=O)(C=Cc1ccccc1)N1CCc2ccccc21. The second-order valence-electron chi connectivity index (χ2n) is 4.71. The Morgan fingerprint density at radius 1 is 0.950 bits per heavy atom. The number of para-hydroxylation sites is 1. The number of rotatable bonds is 3. The van der Waals surface area contributed by atoms with Crippen molar-refractivity contribution in [3.63, 3.8) is 0 Å². The van der Waals surface area contributed by atoms with Crippen LogP contribution in [-0.2, 0) is 16.4 Å². The third kappa shape index (κ3) is 2.47. The van der Waals surface area contributed by atoms with Crippen molar-refractivity contribution in [3.05, 3.63) is 71.1 Å². The van der Waals surface area contributed by atoms with Crippen LogP contribution < -0.4 is 4.31 Å². The first kappa shape index (κ1) is 12.9. The molecule has 0 bridgehead atoms. The Labute approximate surface area is 119 Å². The van der Waals surface area contributed by atoms with Crippen molar-refractivity contribution in [1.29, 1.82) is 0 Å². The van der Waals surface area contributed by atoms with Gasteiger partial charge in [-0.3, -0.25) is 4.31 Å². The molecule has 3 nitrogen and oxygen atoms in total. The van der Waals surface area contributed by atoms with Gasteiger partial charge in [0.25, 0.3) is 10.0 Å². The number of fused-ring (bicyclic) bond motifs is 1. The Hall–Kier alpha value is -2.07. The predicted molar refractivity (Wildman–Crippen MR) is 81.9 cm³/mol. The van der Waals surface area contributed by atoms with E-state index < -0.39 is 10.0 Å². The van der Waals surface area contributed by atoms with Crippen LogP contribution >= 0.6 is 0 Å². The van der Waals surface area contributed by atoms with Crippen LogP contribution in [0.15, 0.2) is 60.0 Å². The van der Waals surface area contributed by atoms with Crippen molar-refractivity contribution in [2.75, 3.05) is 10.8 Å². The molecule has 0 unspecified atom stereocenters. The predicted octanol–water partition coefficient (Wildman–Crippen LogP) is 3.05. The highest BCUT2D eigenvalue weighted by Crippen LogP contribution is 2.30. The molecule has 0 amide bonds. The summed E-state index contributed by atoms with van der Waals surface area (Å²) in [6.07, 6.45) is 2.41. The topological polar surface area (TPSA) is 37.4 Å². The third-order valence-electron chi connectivity index (χ3n) is 3.38. The minimum Gasteiger partial charge on any atom is -0.266 e. The molecule has 2 aromatic carbocycles. The summed E-state index contributed by atoms with van der Waals surface area (Å²) >= 11 is 0. The quantitative estimate of drug-likeness (QED) is 0.869. The van der Waals surface area contributed by atoms with E-state index in [2.05, 4.69) is 0 Å². The highest BCUT2D eigenvalue weighted by Gasteiger charge is 2.26. The van der Waals surface area contributed by atoms with E-state index >= 15 is 0 Å². The van der Waals surface area contributed by atoms with Crippen molar-refractivity contribution in [2.24, 2.45) is 0 Å². The number of hydrogen-bond acceptors (Lipinski definition) is 2. The maximum Gasteiger partial charge on any atom is 0.257 e. The molecule has 0 aliphatic carbocycles. The summed E-state index contributed by atoms with van der Waals surface area (Å²) in [6.45, 7) is 0.515. The average Bonchev–Trinajstić information content (AvgIpc) is 2.91. The summed E-state index contributed by atoms with van der Waals surface area (Å²) in [6, 6.07) is 17.1. The molecule has 20 heavy (non-hydrogen) atoms. The van der Waals surface area contributed by atoms with Gasteiger partial charge in [0, 0.05) is 6.54 Å². The molecule has 1 heterocycles. The fourth-order valence-corrected chi connectivity index (χ4v) is 3.65. The highest BCUT2D eigenvalue weighted by atomic mass is 32.2. The van der Waals surface area contributed by atoms with E-state index in [1.807, 2.05) is 54.6 Å². The molecule has 0 spiro atoms. The zero-order valence-electron chi connectivity index (χ0n) is 10.9. The standard InChI is InChI=1S/C16H15NO2S/c18-20(19,13-11-14-6-2-1-3-7-14)17-12-10-15-8-4-5-9-16(15)17/h1-9,11,13H,10,12H2. The van der Waals surface area contributed by atoms with Crippen LogP contribution in [0.1, 0.15) is 11.1 Å². The molecule has 3 rings (SSSR count). The molecule has 0 N–H and O–H groups in total. The van der Waals surface area contributed by atoms with Crippen molar-refractivity contribution < 1.29 is 8.42 Å². The van der Waals surface area contributed by atoms with E-state index in [0.29, 0.717) is 6.54 Å². The smallest absolute Gasteiger partial charge is 0.257 e. The maximum absolute atomic E-state index is 12.4. The van der Waals surface area contributed by atoms with Gasteiger partial charge in [0.05, 0.1) is 11.1 Å². The molecule has 0 aromatic heterocycles. The molecule has 1 aliphatic heterocycles. The Balaban J connectivity index is 1.89. The molecule has 0 radical (unpaired) electrons. The van der Waals surface area contributed by atoms with Gasteiger partial charge >= 0.3 is 0 Å². The van der Waals surface area contributed by atoms with Gasteiger partial charge in [0.2, 0.25) is 0 Å². The van der Waals surface area contributed by atoms with Crippen LogP contribution in [0, 0.1) is 0 Å².